The molecule has 5 nitrogen and oxygen atoms in total. The predicted molar refractivity (Wildman–Crippen MR) is 85.5 cm³/mol. The summed E-state index contributed by atoms with van der Waals surface area (Å²) in [5.74, 6) is -0.943. The molecule has 0 fully saturated rings. The maximum Gasteiger partial charge on any atom is 0.307 e. The number of thiophene rings is 1. The van der Waals surface area contributed by atoms with Crippen molar-refractivity contribution in [3.8, 4) is 0 Å². The van der Waals surface area contributed by atoms with Gasteiger partial charge in [0.05, 0.1) is 6.42 Å². The topological polar surface area (TPSA) is 83.5 Å². The van der Waals surface area contributed by atoms with Crippen LogP contribution >= 0.6 is 11.3 Å². The van der Waals surface area contributed by atoms with E-state index in [-0.39, 0.29) is 17.2 Å². The molecular weight excluding hydrogens is 322 g/mol. The van der Waals surface area contributed by atoms with Gasteiger partial charge in [-0.15, -0.1) is 11.3 Å². The molecule has 0 atom stereocenters. The van der Waals surface area contributed by atoms with Gasteiger partial charge in [-0.2, -0.15) is 0 Å². The number of carbonyl (C=O) groups is 1. The number of benzene rings is 1. The Morgan fingerprint density at radius 2 is 1.86 bits per heavy atom. The average Bonchev–Trinajstić information content (AvgIpc) is 2.95. The molecule has 2 aromatic rings. The fraction of sp³-hybridized carbons (Fsp3) is 0.267. The van der Waals surface area contributed by atoms with E-state index in [4.69, 9.17) is 5.11 Å². The van der Waals surface area contributed by atoms with Crippen molar-refractivity contribution < 1.29 is 18.3 Å². The van der Waals surface area contributed by atoms with Crippen molar-refractivity contribution in [3.63, 3.8) is 0 Å². The quantitative estimate of drug-likeness (QED) is 0.811. The number of hydrogen-bond donors (Lipinski definition) is 2. The van der Waals surface area contributed by atoms with Crippen molar-refractivity contribution in [2.45, 2.75) is 30.5 Å². The van der Waals surface area contributed by atoms with Crippen LogP contribution in [0.2, 0.25) is 0 Å². The smallest absolute Gasteiger partial charge is 0.307 e. The minimum absolute atomic E-state index is 0.0745. The van der Waals surface area contributed by atoms with Gasteiger partial charge in [0.1, 0.15) is 4.21 Å². The van der Waals surface area contributed by atoms with Crippen LogP contribution in [-0.4, -0.2) is 19.5 Å². The van der Waals surface area contributed by atoms with E-state index in [2.05, 4.69) is 4.72 Å². The molecule has 0 spiro atoms. The number of carboxylic acid groups (broad SMARTS) is 1. The lowest BCUT2D eigenvalue weighted by Gasteiger charge is -2.09. The van der Waals surface area contributed by atoms with Gasteiger partial charge in [-0.3, -0.25) is 4.79 Å². The molecule has 0 unspecified atom stereocenters. The van der Waals surface area contributed by atoms with E-state index in [0.29, 0.717) is 11.1 Å². The number of rotatable bonds is 7. The van der Waals surface area contributed by atoms with Gasteiger partial charge in [-0.25, -0.2) is 13.1 Å². The molecule has 0 aliphatic rings. The lowest BCUT2D eigenvalue weighted by molar-refractivity contribution is -0.136. The van der Waals surface area contributed by atoms with Gasteiger partial charge in [0.2, 0.25) is 10.0 Å². The maximum atomic E-state index is 12.3. The van der Waals surface area contributed by atoms with Crippen molar-refractivity contribution >= 4 is 27.3 Å². The van der Waals surface area contributed by atoms with E-state index in [1.807, 2.05) is 6.92 Å². The monoisotopic (exact) mass is 339 g/mol. The van der Waals surface area contributed by atoms with Crippen LogP contribution in [0.3, 0.4) is 0 Å². The number of sulfonamides is 1. The molecule has 0 saturated carbocycles. The molecule has 0 aliphatic heterocycles. The molecule has 0 saturated heterocycles. The lowest BCUT2D eigenvalue weighted by atomic mass is 10.1. The molecule has 22 heavy (non-hydrogen) atoms. The Balaban J connectivity index is 2.14. The number of carboxylic acids is 1. The van der Waals surface area contributed by atoms with Crippen LogP contribution in [0.5, 0.6) is 0 Å². The normalized spacial score (nSPS) is 11.5. The van der Waals surface area contributed by atoms with Gasteiger partial charge < -0.3 is 5.11 Å². The summed E-state index contributed by atoms with van der Waals surface area (Å²) < 4.78 is 27.3. The van der Waals surface area contributed by atoms with Gasteiger partial charge in [0.25, 0.3) is 0 Å². The number of aliphatic carboxylic acids is 1. The van der Waals surface area contributed by atoms with E-state index in [0.717, 1.165) is 11.3 Å². The van der Waals surface area contributed by atoms with Crippen molar-refractivity contribution in [1.29, 1.82) is 0 Å². The molecule has 7 heteroatoms. The summed E-state index contributed by atoms with van der Waals surface area (Å²) in [4.78, 5) is 11.8. The summed E-state index contributed by atoms with van der Waals surface area (Å²) in [5, 5.41) is 8.89. The Hall–Kier alpha value is -1.70. The molecule has 2 N–H and O–H groups in total. The van der Waals surface area contributed by atoms with E-state index in [1.165, 1.54) is 11.3 Å². The molecule has 0 amide bonds. The van der Waals surface area contributed by atoms with Crippen molar-refractivity contribution in [2.75, 3.05) is 0 Å². The van der Waals surface area contributed by atoms with E-state index in [9.17, 15) is 13.2 Å². The Morgan fingerprint density at radius 1 is 1.18 bits per heavy atom. The van der Waals surface area contributed by atoms with Crippen LogP contribution < -0.4 is 4.72 Å². The van der Waals surface area contributed by atoms with Crippen LogP contribution in [0.25, 0.3) is 0 Å². The Bertz CT molecular complexity index is 765. The highest BCUT2D eigenvalue weighted by Gasteiger charge is 2.17. The molecule has 0 radical (unpaired) electrons. The van der Waals surface area contributed by atoms with E-state index in [1.54, 1.807) is 36.4 Å². The fourth-order valence-corrected chi connectivity index (χ4v) is 4.35. The zero-order valence-electron chi connectivity index (χ0n) is 12.1. The standard InChI is InChI=1S/C15H17NO4S2/c1-2-13-7-8-15(21-13)22(19,20)16-10-12-6-4-3-5-11(12)9-14(17)18/h3-8,16H,2,9-10H2,1H3,(H,17,18). The van der Waals surface area contributed by atoms with Gasteiger partial charge in [0, 0.05) is 11.4 Å². The zero-order valence-corrected chi connectivity index (χ0v) is 13.7. The summed E-state index contributed by atoms with van der Waals surface area (Å²) in [6.45, 7) is 2.04. The predicted octanol–water partition coefficient (Wildman–Crippen LogP) is 2.42. The first kappa shape index (κ1) is 16.7. The molecule has 0 bridgehead atoms. The molecule has 0 aliphatic carbocycles. The van der Waals surface area contributed by atoms with E-state index >= 15 is 0 Å². The number of aryl methyl sites for hydroxylation is 1. The second-order valence-corrected chi connectivity index (χ2v) is 7.90. The summed E-state index contributed by atoms with van der Waals surface area (Å²) in [6.07, 6.45) is 0.665. The molecule has 1 aromatic heterocycles. The number of hydrogen-bond acceptors (Lipinski definition) is 4. The highest BCUT2D eigenvalue weighted by molar-refractivity contribution is 7.91. The third kappa shape index (κ3) is 4.16. The Labute approximate surface area is 133 Å². The van der Waals surface area contributed by atoms with Crippen molar-refractivity contribution in [2.24, 2.45) is 0 Å². The SMILES string of the molecule is CCc1ccc(S(=O)(=O)NCc2ccccc2CC(=O)O)s1. The minimum Gasteiger partial charge on any atom is -0.481 e. The molecular formula is C15H17NO4S2. The summed E-state index contributed by atoms with van der Waals surface area (Å²) in [7, 11) is -3.57. The molecule has 1 heterocycles. The molecule has 2 rings (SSSR count). The third-order valence-electron chi connectivity index (χ3n) is 3.16. The van der Waals surface area contributed by atoms with E-state index < -0.39 is 16.0 Å². The summed E-state index contributed by atoms with van der Waals surface area (Å²) in [5.41, 5.74) is 1.28. The second kappa shape index (κ2) is 7.04. The molecule has 1 aromatic carbocycles. The second-order valence-electron chi connectivity index (χ2n) is 4.74. The first-order chi connectivity index (χ1) is 10.4. The average molecular weight is 339 g/mol. The summed E-state index contributed by atoms with van der Waals surface area (Å²) >= 11 is 1.25. The van der Waals surface area contributed by atoms with Crippen LogP contribution in [0.1, 0.15) is 22.9 Å². The minimum atomic E-state index is -3.57. The summed E-state index contributed by atoms with van der Waals surface area (Å²) in [6, 6.07) is 10.3. The van der Waals surface area contributed by atoms with Gasteiger partial charge in [-0.1, -0.05) is 31.2 Å². The lowest BCUT2D eigenvalue weighted by Crippen LogP contribution is -2.23. The van der Waals surface area contributed by atoms with Gasteiger partial charge in [0.15, 0.2) is 0 Å². The van der Waals surface area contributed by atoms with Gasteiger partial charge >= 0.3 is 5.97 Å². The van der Waals surface area contributed by atoms with Crippen molar-refractivity contribution in [3.05, 3.63) is 52.4 Å². The van der Waals surface area contributed by atoms with Gasteiger partial charge in [-0.05, 0) is 29.7 Å². The largest absolute Gasteiger partial charge is 0.481 e. The highest BCUT2D eigenvalue weighted by Crippen LogP contribution is 2.22. The fourth-order valence-electron chi connectivity index (χ4n) is 2.00. The molecule has 118 valence electrons. The first-order valence-corrected chi connectivity index (χ1v) is 9.09. The Kier molecular flexibility index (Phi) is 5.33. The third-order valence-corrected chi connectivity index (χ3v) is 6.29. The van der Waals surface area contributed by atoms with Crippen LogP contribution in [0, 0.1) is 0 Å². The maximum absolute atomic E-state index is 12.3. The van der Waals surface area contributed by atoms with Crippen molar-refractivity contribution in [1.82, 2.24) is 4.72 Å². The number of nitrogens with one attached hydrogen (secondary N) is 1. The van der Waals surface area contributed by atoms with Crippen LogP contribution in [0.15, 0.2) is 40.6 Å². The van der Waals surface area contributed by atoms with Crippen LogP contribution in [-0.2, 0) is 34.2 Å². The first-order valence-electron chi connectivity index (χ1n) is 6.79. The van der Waals surface area contributed by atoms with Crippen LogP contribution in [0.4, 0.5) is 0 Å². The Morgan fingerprint density at radius 3 is 2.45 bits per heavy atom. The highest BCUT2D eigenvalue weighted by atomic mass is 32.2. The zero-order chi connectivity index (χ0) is 16.2.